The van der Waals surface area contributed by atoms with Crippen molar-refractivity contribution in [3.05, 3.63) is 20.6 Å². The van der Waals surface area contributed by atoms with E-state index in [-0.39, 0.29) is 14.5 Å². The van der Waals surface area contributed by atoms with E-state index in [1.165, 1.54) is 0 Å². The average Bonchev–Trinajstić information content (AvgIpc) is 1.97. The van der Waals surface area contributed by atoms with Gasteiger partial charge in [0.15, 0.2) is 5.78 Å². The highest BCUT2D eigenvalue weighted by Crippen LogP contribution is 2.27. The van der Waals surface area contributed by atoms with E-state index in [0.29, 0.717) is 0 Å². The smallest absolute Gasteiger partial charge is 0.213 e. The quantitative estimate of drug-likeness (QED) is 0.622. The Morgan fingerprint density at radius 1 is 1.18 bits per heavy atom. The van der Waals surface area contributed by atoms with Crippen LogP contribution in [0.15, 0.2) is 20.6 Å². The summed E-state index contributed by atoms with van der Waals surface area (Å²) < 4.78 is 0.136. The molecule has 0 radical (unpaired) electrons. The molecule has 0 unspecified atom stereocenters. The van der Waals surface area contributed by atoms with Crippen LogP contribution in [0.5, 0.6) is 0 Å². The summed E-state index contributed by atoms with van der Waals surface area (Å²) in [4.78, 5) is 21.8. The Balaban J connectivity index is 3.19. The highest BCUT2D eigenvalue weighted by molar-refractivity contribution is 9.12. The van der Waals surface area contributed by atoms with E-state index in [2.05, 4.69) is 15.9 Å². The lowest BCUT2D eigenvalue weighted by Crippen LogP contribution is -2.10. The van der Waals surface area contributed by atoms with E-state index in [4.69, 9.17) is 23.2 Å². The van der Waals surface area contributed by atoms with Crippen molar-refractivity contribution in [2.45, 2.75) is 0 Å². The molecule has 0 saturated carbocycles. The number of allylic oxidation sites excluding steroid dienone is 4. The Labute approximate surface area is 81.0 Å². The molecule has 1 rings (SSSR count). The molecule has 0 aromatic carbocycles. The van der Waals surface area contributed by atoms with Gasteiger partial charge in [-0.05, 0) is 15.9 Å². The summed E-state index contributed by atoms with van der Waals surface area (Å²) in [7, 11) is 0. The number of rotatable bonds is 0. The number of Topliss-reactive ketones (excluding diaryl/α,β-unsaturated/α-hetero) is 1. The summed E-state index contributed by atoms with van der Waals surface area (Å²) in [5.41, 5.74) is 0. The van der Waals surface area contributed by atoms with Crippen LogP contribution in [0.4, 0.5) is 0 Å². The molecule has 0 fully saturated rings. The van der Waals surface area contributed by atoms with Crippen LogP contribution < -0.4 is 0 Å². The van der Waals surface area contributed by atoms with Gasteiger partial charge < -0.3 is 0 Å². The van der Waals surface area contributed by atoms with E-state index in [1.807, 2.05) is 0 Å². The molecule has 2 nitrogen and oxygen atoms in total. The molecule has 1 aliphatic rings. The predicted molar refractivity (Wildman–Crippen MR) is 45.8 cm³/mol. The van der Waals surface area contributed by atoms with Crippen molar-refractivity contribution in [2.24, 2.45) is 0 Å². The van der Waals surface area contributed by atoms with Crippen LogP contribution in [0, 0.1) is 0 Å². The number of hydrogen-bond acceptors (Lipinski definition) is 2. The van der Waals surface area contributed by atoms with Gasteiger partial charge in [-0.25, -0.2) is 0 Å². The lowest BCUT2D eigenvalue weighted by Gasteiger charge is -2.04. The van der Waals surface area contributed by atoms with Gasteiger partial charge in [-0.2, -0.15) is 0 Å². The Morgan fingerprint density at radius 2 is 1.73 bits per heavy atom. The third-order valence-corrected chi connectivity index (χ3v) is 2.50. The maximum atomic E-state index is 10.9. The molecule has 5 heteroatoms. The van der Waals surface area contributed by atoms with Gasteiger partial charge in [0.25, 0.3) is 0 Å². The fourth-order valence-electron chi connectivity index (χ4n) is 0.557. The molecule has 1 aliphatic carbocycles. The molecule has 0 N–H and O–H groups in total. The second-order valence-electron chi connectivity index (χ2n) is 1.81. The van der Waals surface area contributed by atoms with Crippen molar-refractivity contribution in [2.75, 3.05) is 0 Å². The second-order valence-corrected chi connectivity index (χ2v) is 3.42. The zero-order chi connectivity index (χ0) is 8.59. The van der Waals surface area contributed by atoms with Gasteiger partial charge in [0, 0.05) is 6.08 Å². The lowest BCUT2D eigenvalue weighted by atomic mass is 10.2. The summed E-state index contributed by atoms with van der Waals surface area (Å²) >= 11 is 13.7. The zero-order valence-corrected chi connectivity index (χ0v) is 8.13. The SMILES string of the molecule is O=C1C=C(Br)C(=O)C(Cl)=C1Cl. The minimum Gasteiger partial charge on any atom is -0.288 e. The Morgan fingerprint density at radius 3 is 2.27 bits per heavy atom. The fraction of sp³-hybridized carbons (Fsp3) is 0. The van der Waals surface area contributed by atoms with Gasteiger partial charge in [-0.1, -0.05) is 23.2 Å². The summed E-state index contributed by atoms with van der Waals surface area (Å²) in [5, 5.41) is -0.453. The summed E-state index contributed by atoms with van der Waals surface area (Å²) in [6.07, 6.45) is 1.09. The van der Waals surface area contributed by atoms with Gasteiger partial charge in [0.05, 0.1) is 4.48 Å². The van der Waals surface area contributed by atoms with Crippen molar-refractivity contribution < 1.29 is 9.59 Å². The molecule has 0 heterocycles. The molecule has 11 heavy (non-hydrogen) atoms. The molecule has 58 valence electrons. The molecule has 0 aromatic rings. The first-order chi connectivity index (χ1) is 5.04. The number of ketones is 2. The van der Waals surface area contributed by atoms with Crippen LogP contribution in [-0.2, 0) is 9.59 Å². The third-order valence-electron chi connectivity index (χ3n) is 1.08. The first-order valence-electron chi connectivity index (χ1n) is 2.55. The van der Waals surface area contributed by atoms with Gasteiger partial charge in [-0.15, -0.1) is 0 Å². The topological polar surface area (TPSA) is 34.1 Å². The van der Waals surface area contributed by atoms with Crippen LogP contribution in [-0.4, -0.2) is 11.6 Å². The van der Waals surface area contributed by atoms with E-state index in [0.717, 1.165) is 6.08 Å². The van der Waals surface area contributed by atoms with E-state index < -0.39 is 11.6 Å². The van der Waals surface area contributed by atoms with E-state index >= 15 is 0 Å². The number of carbonyl (C=O) groups is 2. The van der Waals surface area contributed by atoms with Crippen molar-refractivity contribution >= 4 is 50.7 Å². The lowest BCUT2D eigenvalue weighted by molar-refractivity contribution is -0.114. The first kappa shape index (κ1) is 8.97. The highest BCUT2D eigenvalue weighted by Gasteiger charge is 2.24. The van der Waals surface area contributed by atoms with Crippen molar-refractivity contribution in [1.82, 2.24) is 0 Å². The number of carbonyl (C=O) groups excluding carboxylic acids is 2. The standard InChI is InChI=1S/C6HBrCl2O2/c7-2-1-3(10)4(8)5(9)6(2)11/h1H. The van der Waals surface area contributed by atoms with Crippen molar-refractivity contribution in [3.8, 4) is 0 Å². The molecular weight excluding hydrogens is 255 g/mol. The Kier molecular flexibility index (Phi) is 2.52. The van der Waals surface area contributed by atoms with E-state index in [9.17, 15) is 9.59 Å². The van der Waals surface area contributed by atoms with Crippen LogP contribution >= 0.6 is 39.1 Å². The molecular formula is C6HBrCl2O2. The second kappa shape index (κ2) is 3.09. The van der Waals surface area contributed by atoms with E-state index in [1.54, 1.807) is 0 Å². The molecule has 0 aromatic heterocycles. The van der Waals surface area contributed by atoms with Crippen LogP contribution in [0.1, 0.15) is 0 Å². The molecule has 0 spiro atoms. The van der Waals surface area contributed by atoms with Gasteiger partial charge >= 0.3 is 0 Å². The number of halogens is 3. The number of hydrogen-bond donors (Lipinski definition) is 0. The molecule has 0 aliphatic heterocycles. The maximum absolute atomic E-state index is 10.9. The van der Waals surface area contributed by atoms with Crippen LogP contribution in [0.3, 0.4) is 0 Å². The Hall–Kier alpha value is -0.120. The minimum atomic E-state index is -0.462. The summed E-state index contributed by atoms with van der Waals surface area (Å²) in [5.74, 6) is -0.917. The average molecular weight is 256 g/mol. The van der Waals surface area contributed by atoms with Crippen LogP contribution in [0.2, 0.25) is 0 Å². The third kappa shape index (κ3) is 1.55. The van der Waals surface area contributed by atoms with Gasteiger partial charge in [0.2, 0.25) is 5.78 Å². The van der Waals surface area contributed by atoms with Crippen LogP contribution in [0.25, 0.3) is 0 Å². The minimum absolute atomic E-state index is 0.136. The summed E-state index contributed by atoms with van der Waals surface area (Å²) in [6.45, 7) is 0. The summed E-state index contributed by atoms with van der Waals surface area (Å²) in [6, 6.07) is 0. The van der Waals surface area contributed by atoms with Crippen molar-refractivity contribution in [3.63, 3.8) is 0 Å². The molecule has 0 saturated heterocycles. The molecule has 0 bridgehead atoms. The predicted octanol–water partition coefficient (Wildman–Crippen LogP) is 2.11. The largest absolute Gasteiger partial charge is 0.288 e. The zero-order valence-electron chi connectivity index (χ0n) is 5.03. The first-order valence-corrected chi connectivity index (χ1v) is 4.10. The van der Waals surface area contributed by atoms with Gasteiger partial charge in [-0.3, -0.25) is 9.59 Å². The monoisotopic (exact) mass is 254 g/mol. The van der Waals surface area contributed by atoms with Crippen molar-refractivity contribution in [1.29, 1.82) is 0 Å². The fourth-order valence-corrected chi connectivity index (χ4v) is 1.41. The maximum Gasteiger partial charge on any atom is 0.213 e. The Bertz CT molecular complexity index is 304. The molecule has 0 amide bonds. The normalized spacial score (nSPS) is 19.0. The highest BCUT2D eigenvalue weighted by atomic mass is 79.9. The van der Waals surface area contributed by atoms with Gasteiger partial charge in [0.1, 0.15) is 10.1 Å². The molecule has 0 atom stereocenters.